The van der Waals surface area contributed by atoms with Gasteiger partial charge in [0.05, 0.1) is 23.2 Å². The number of halogens is 2. The molecule has 10 nitrogen and oxygen atoms in total. The lowest BCUT2D eigenvalue weighted by atomic mass is 10.2. The van der Waals surface area contributed by atoms with E-state index in [9.17, 15) is 23.5 Å². The van der Waals surface area contributed by atoms with Gasteiger partial charge in [0, 0.05) is 32.2 Å². The Kier molecular flexibility index (Phi) is 7.10. The average molecular weight is 542 g/mol. The van der Waals surface area contributed by atoms with E-state index in [1.165, 1.54) is 30.3 Å². The van der Waals surface area contributed by atoms with E-state index in [4.69, 9.17) is 19.3 Å². The molecule has 38 heavy (non-hydrogen) atoms. The Morgan fingerprint density at radius 2 is 1.66 bits per heavy atom. The number of hydrogen-bond donors (Lipinski definition) is 0. The van der Waals surface area contributed by atoms with E-state index in [-0.39, 0.29) is 36.0 Å². The van der Waals surface area contributed by atoms with Gasteiger partial charge in [0.25, 0.3) is 0 Å². The SMILES string of the molecule is N#Cc1cccc(Oc2cc(COc3c(F)cc(COP(=O)(N4CC4)N4CC4)cc3F)ccc2[N+](=O)[O-])c1. The van der Waals surface area contributed by atoms with Gasteiger partial charge in [0.1, 0.15) is 12.4 Å². The first-order valence-electron chi connectivity index (χ1n) is 11.6. The number of nitro groups is 1. The summed E-state index contributed by atoms with van der Waals surface area (Å²) < 4.78 is 62.5. The molecule has 0 atom stereocenters. The van der Waals surface area contributed by atoms with E-state index in [1.54, 1.807) is 21.5 Å². The monoisotopic (exact) mass is 542 g/mol. The van der Waals surface area contributed by atoms with Crippen molar-refractivity contribution in [2.45, 2.75) is 13.2 Å². The van der Waals surface area contributed by atoms with Gasteiger partial charge in [0.2, 0.25) is 5.75 Å². The molecule has 0 aromatic heterocycles. The third kappa shape index (κ3) is 5.66. The van der Waals surface area contributed by atoms with E-state index in [0.717, 1.165) is 12.1 Å². The quantitative estimate of drug-likeness (QED) is 0.136. The molecule has 0 bridgehead atoms. The van der Waals surface area contributed by atoms with Crippen LogP contribution in [0.4, 0.5) is 14.5 Å². The molecular weight excluding hydrogens is 521 g/mol. The smallest absolute Gasteiger partial charge is 0.346 e. The van der Waals surface area contributed by atoms with Crippen LogP contribution in [0, 0.1) is 33.1 Å². The Bertz CT molecular complexity index is 1450. The van der Waals surface area contributed by atoms with Crippen LogP contribution < -0.4 is 9.47 Å². The van der Waals surface area contributed by atoms with Crippen molar-refractivity contribution >= 4 is 13.4 Å². The lowest BCUT2D eigenvalue weighted by Gasteiger charge is -2.20. The van der Waals surface area contributed by atoms with Crippen LogP contribution in [0.2, 0.25) is 0 Å². The van der Waals surface area contributed by atoms with Crippen molar-refractivity contribution in [3.05, 3.63) is 93.0 Å². The van der Waals surface area contributed by atoms with Gasteiger partial charge in [-0.3, -0.25) is 14.7 Å². The van der Waals surface area contributed by atoms with Crippen LogP contribution in [0.1, 0.15) is 16.7 Å². The maximum Gasteiger partial charge on any atom is 0.346 e. The summed E-state index contributed by atoms with van der Waals surface area (Å²) in [4.78, 5) is 10.8. The molecule has 3 aromatic rings. The Labute approximate surface area is 216 Å². The molecule has 0 spiro atoms. The van der Waals surface area contributed by atoms with Gasteiger partial charge in [-0.2, -0.15) is 5.26 Å². The van der Waals surface area contributed by atoms with Crippen molar-refractivity contribution in [1.29, 1.82) is 5.26 Å². The van der Waals surface area contributed by atoms with Crippen LogP contribution in [0.25, 0.3) is 0 Å². The number of benzene rings is 3. The van der Waals surface area contributed by atoms with E-state index in [2.05, 4.69) is 0 Å². The minimum Gasteiger partial charge on any atom is -0.483 e. The minimum absolute atomic E-state index is 0.123. The van der Waals surface area contributed by atoms with Gasteiger partial charge in [-0.25, -0.2) is 18.1 Å². The highest BCUT2D eigenvalue weighted by molar-refractivity contribution is 7.54. The summed E-state index contributed by atoms with van der Waals surface area (Å²) in [5, 5.41) is 20.5. The van der Waals surface area contributed by atoms with Crippen LogP contribution >= 0.6 is 7.67 Å². The molecular formula is C25H21F2N4O6P. The van der Waals surface area contributed by atoms with Gasteiger partial charge in [-0.15, -0.1) is 0 Å². The number of ether oxygens (including phenoxy) is 2. The Morgan fingerprint density at radius 3 is 2.26 bits per heavy atom. The molecule has 0 aliphatic carbocycles. The zero-order chi connectivity index (χ0) is 26.9. The molecule has 2 aliphatic rings. The molecule has 2 fully saturated rings. The van der Waals surface area contributed by atoms with Crippen LogP contribution in [-0.2, 0) is 22.3 Å². The Balaban J connectivity index is 1.28. The number of nitro benzene ring substituents is 1. The second kappa shape index (κ2) is 10.5. The van der Waals surface area contributed by atoms with Gasteiger partial charge in [-0.1, -0.05) is 6.07 Å². The van der Waals surface area contributed by atoms with Crippen molar-refractivity contribution in [2.75, 3.05) is 26.2 Å². The third-order valence-corrected chi connectivity index (χ3v) is 8.51. The molecule has 0 saturated carbocycles. The van der Waals surface area contributed by atoms with Crippen LogP contribution in [0.3, 0.4) is 0 Å². The van der Waals surface area contributed by atoms with Gasteiger partial charge in [-0.05, 0) is 53.6 Å². The highest BCUT2D eigenvalue weighted by Gasteiger charge is 2.49. The highest BCUT2D eigenvalue weighted by atomic mass is 31.2. The summed E-state index contributed by atoms with van der Waals surface area (Å²) in [6.07, 6.45) is 0. The topological polar surface area (TPSA) is 118 Å². The maximum atomic E-state index is 14.7. The molecule has 0 radical (unpaired) electrons. The fourth-order valence-electron chi connectivity index (χ4n) is 3.72. The Morgan fingerprint density at radius 1 is 0.974 bits per heavy atom. The fraction of sp³-hybridized carbons (Fsp3) is 0.240. The van der Waals surface area contributed by atoms with Crippen molar-refractivity contribution in [1.82, 2.24) is 9.34 Å². The lowest BCUT2D eigenvalue weighted by Crippen LogP contribution is -2.08. The highest BCUT2D eigenvalue weighted by Crippen LogP contribution is 2.61. The molecule has 2 aliphatic heterocycles. The van der Waals surface area contributed by atoms with E-state index in [0.29, 0.717) is 37.3 Å². The van der Waals surface area contributed by atoms with Crippen molar-refractivity contribution in [3.8, 4) is 23.3 Å². The van der Waals surface area contributed by atoms with Crippen molar-refractivity contribution in [2.24, 2.45) is 0 Å². The fourth-order valence-corrected chi connectivity index (χ4v) is 5.91. The summed E-state index contributed by atoms with van der Waals surface area (Å²) in [5.74, 6) is -2.48. The first-order chi connectivity index (χ1) is 18.3. The summed E-state index contributed by atoms with van der Waals surface area (Å²) in [7, 11) is -3.13. The molecule has 3 aromatic carbocycles. The third-order valence-electron chi connectivity index (χ3n) is 5.81. The summed E-state index contributed by atoms with van der Waals surface area (Å²) in [5.41, 5.74) is 0.496. The minimum atomic E-state index is -3.13. The Hall–Kier alpha value is -3.88. The summed E-state index contributed by atoms with van der Waals surface area (Å²) in [6.45, 7) is 2.09. The average Bonchev–Trinajstić information content (AvgIpc) is 3.79. The molecule has 13 heteroatoms. The van der Waals surface area contributed by atoms with Crippen LogP contribution in [0.15, 0.2) is 54.6 Å². The normalized spacial score (nSPS) is 15.1. The molecule has 0 N–H and O–H groups in total. The number of hydrogen-bond acceptors (Lipinski definition) is 7. The lowest BCUT2D eigenvalue weighted by molar-refractivity contribution is -0.385. The van der Waals surface area contributed by atoms with E-state index < -0.39 is 30.0 Å². The van der Waals surface area contributed by atoms with Crippen LogP contribution in [0.5, 0.6) is 17.2 Å². The van der Waals surface area contributed by atoms with Gasteiger partial charge < -0.3 is 14.0 Å². The van der Waals surface area contributed by atoms with Gasteiger partial charge in [0.15, 0.2) is 17.4 Å². The second-order valence-corrected chi connectivity index (χ2v) is 11.0. The molecule has 2 heterocycles. The predicted molar refractivity (Wildman–Crippen MR) is 131 cm³/mol. The standard InChI is InChI=1S/C25H21F2N4O6P/c26-21-11-19(16-36-38(34,29-6-7-29)30-8-9-30)12-22(27)25(21)35-15-18-4-5-23(31(32)33)24(13-18)37-20-3-1-2-17(10-20)14-28/h1-5,10-13H,6-9,15-16H2. The first-order valence-corrected chi connectivity index (χ1v) is 13.1. The van der Waals surface area contributed by atoms with Gasteiger partial charge >= 0.3 is 13.4 Å². The number of rotatable bonds is 11. The zero-order valence-electron chi connectivity index (χ0n) is 19.9. The second-order valence-electron chi connectivity index (χ2n) is 8.65. The first kappa shape index (κ1) is 25.8. The molecule has 196 valence electrons. The van der Waals surface area contributed by atoms with E-state index in [1.807, 2.05) is 6.07 Å². The largest absolute Gasteiger partial charge is 0.483 e. The summed E-state index contributed by atoms with van der Waals surface area (Å²) in [6, 6.07) is 14.0. The maximum absolute atomic E-state index is 14.7. The summed E-state index contributed by atoms with van der Waals surface area (Å²) >= 11 is 0. The molecule has 2 saturated heterocycles. The zero-order valence-corrected chi connectivity index (χ0v) is 20.8. The van der Waals surface area contributed by atoms with E-state index >= 15 is 0 Å². The molecule has 0 unspecified atom stereocenters. The van der Waals surface area contributed by atoms with Crippen molar-refractivity contribution < 1.29 is 32.3 Å². The predicted octanol–water partition coefficient (Wildman–Crippen LogP) is 5.37. The number of nitrogens with zero attached hydrogens (tertiary/aromatic N) is 4. The van der Waals surface area contributed by atoms with Crippen molar-refractivity contribution in [3.63, 3.8) is 0 Å². The van der Waals surface area contributed by atoms with Crippen LogP contribution in [-0.4, -0.2) is 40.4 Å². The molecule has 0 amide bonds. The number of nitriles is 1. The molecule has 5 rings (SSSR count).